The fraction of sp³-hybridized carbons (Fsp3) is 0.455. The van der Waals surface area contributed by atoms with Crippen LogP contribution in [-0.4, -0.2) is 45.9 Å². The molecular formula is C22H26N4OS. The minimum atomic E-state index is 0.198. The van der Waals surface area contributed by atoms with E-state index in [1.807, 2.05) is 13.8 Å². The second kappa shape index (κ2) is 6.42. The molecule has 1 amide bonds. The summed E-state index contributed by atoms with van der Waals surface area (Å²) in [5.74, 6) is 0.566. The van der Waals surface area contributed by atoms with Gasteiger partial charge in [-0.25, -0.2) is 0 Å². The van der Waals surface area contributed by atoms with E-state index in [0.29, 0.717) is 18.0 Å². The summed E-state index contributed by atoms with van der Waals surface area (Å²) in [7, 11) is 0. The number of hydrogen-bond donors (Lipinski definition) is 2. The van der Waals surface area contributed by atoms with Crippen molar-refractivity contribution in [2.24, 2.45) is 0 Å². The average Bonchev–Trinajstić information content (AvgIpc) is 3.18. The van der Waals surface area contributed by atoms with Crippen molar-refractivity contribution >= 4 is 27.5 Å². The van der Waals surface area contributed by atoms with Crippen LogP contribution in [0.3, 0.4) is 0 Å². The highest BCUT2D eigenvalue weighted by Gasteiger charge is 2.44. The number of H-pyrrole nitrogens is 1. The lowest BCUT2D eigenvalue weighted by Crippen LogP contribution is -2.69. The number of fused-ring (bicyclic) bond motifs is 3. The number of pyridine rings is 1. The SMILES string of the molecule is Cc1cc(-c2[nH]c3cc(C(=O)N4C5CNCC4C5)sc3c2C(C)C)cc(C)n1. The van der Waals surface area contributed by atoms with E-state index in [-0.39, 0.29) is 5.91 Å². The van der Waals surface area contributed by atoms with Crippen LogP contribution in [0.5, 0.6) is 0 Å². The van der Waals surface area contributed by atoms with E-state index < -0.39 is 0 Å². The van der Waals surface area contributed by atoms with E-state index in [1.54, 1.807) is 11.3 Å². The Balaban J connectivity index is 1.57. The molecule has 0 aromatic carbocycles. The van der Waals surface area contributed by atoms with Crippen molar-refractivity contribution < 1.29 is 4.79 Å². The number of amides is 1. The van der Waals surface area contributed by atoms with Crippen LogP contribution in [0, 0.1) is 13.8 Å². The van der Waals surface area contributed by atoms with Gasteiger partial charge in [0.05, 0.1) is 20.8 Å². The average molecular weight is 395 g/mol. The van der Waals surface area contributed by atoms with Gasteiger partial charge in [0.25, 0.3) is 5.91 Å². The van der Waals surface area contributed by atoms with Crippen LogP contribution in [0.4, 0.5) is 0 Å². The van der Waals surface area contributed by atoms with Gasteiger partial charge in [-0.15, -0.1) is 11.3 Å². The quantitative estimate of drug-likeness (QED) is 0.699. The molecule has 2 N–H and O–H groups in total. The van der Waals surface area contributed by atoms with Crippen molar-refractivity contribution in [3.05, 3.63) is 40.0 Å². The molecule has 0 saturated carbocycles. The molecule has 2 atom stereocenters. The highest BCUT2D eigenvalue weighted by molar-refractivity contribution is 7.21. The van der Waals surface area contributed by atoms with Crippen molar-refractivity contribution in [3.63, 3.8) is 0 Å². The summed E-state index contributed by atoms with van der Waals surface area (Å²) in [5.41, 5.74) is 6.76. The molecule has 2 fully saturated rings. The van der Waals surface area contributed by atoms with Gasteiger partial charge in [0.15, 0.2) is 0 Å². The van der Waals surface area contributed by atoms with Gasteiger partial charge >= 0.3 is 0 Å². The van der Waals surface area contributed by atoms with E-state index in [4.69, 9.17) is 0 Å². The first-order chi connectivity index (χ1) is 13.4. The summed E-state index contributed by atoms with van der Waals surface area (Å²) in [6.45, 7) is 10.4. The van der Waals surface area contributed by atoms with Crippen molar-refractivity contribution in [1.29, 1.82) is 0 Å². The molecule has 28 heavy (non-hydrogen) atoms. The lowest BCUT2D eigenvalue weighted by atomic mass is 9.88. The molecule has 3 aromatic heterocycles. The largest absolute Gasteiger partial charge is 0.354 e. The lowest BCUT2D eigenvalue weighted by molar-refractivity contribution is -0.00174. The Labute approximate surface area is 169 Å². The maximum atomic E-state index is 13.1. The first kappa shape index (κ1) is 17.9. The van der Waals surface area contributed by atoms with E-state index >= 15 is 0 Å². The van der Waals surface area contributed by atoms with Gasteiger partial charge < -0.3 is 15.2 Å². The number of rotatable bonds is 3. The van der Waals surface area contributed by atoms with Gasteiger partial charge in [0.2, 0.25) is 0 Å². The molecule has 5 heterocycles. The van der Waals surface area contributed by atoms with Crippen LogP contribution in [0.1, 0.15) is 52.8 Å². The maximum absolute atomic E-state index is 13.1. The summed E-state index contributed by atoms with van der Waals surface area (Å²) in [6.07, 6.45) is 1.14. The molecule has 3 aromatic rings. The number of nitrogens with zero attached hydrogens (tertiary/aromatic N) is 2. The summed E-state index contributed by atoms with van der Waals surface area (Å²) in [6, 6.07) is 7.06. The van der Waals surface area contributed by atoms with Crippen LogP contribution < -0.4 is 5.32 Å². The first-order valence-corrected chi connectivity index (χ1v) is 10.9. The Morgan fingerprint density at radius 2 is 1.86 bits per heavy atom. The number of aromatic nitrogens is 2. The van der Waals surface area contributed by atoms with Gasteiger partial charge in [-0.05, 0) is 49.9 Å². The molecule has 6 heteroatoms. The third kappa shape index (κ3) is 2.70. The van der Waals surface area contributed by atoms with Crippen LogP contribution in [0.15, 0.2) is 18.2 Å². The van der Waals surface area contributed by atoms with Crippen LogP contribution >= 0.6 is 11.3 Å². The van der Waals surface area contributed by atoms with E-state index in [1.165, 1.54) is 15.8 Å². The highest BCUT2D eigenvalue weighted by atomic mass is 32.1. The van der Waals surface area contributed by atoms with Gasteiger partial charge in [-0.2, -0.15) is 0 Å². The number of aromatic amines is 1. The monoisotopic (exact) mass is 394 g/mol. The number of carbonyl (C=O) groups is 1. The molecule has 5 rings (SSSR count). The smallest absolute Gasteiger partial charge is 0.264 e. The zero-order valence-electron chi connectivity index (χ0n) is 16.8. The number of thiophene rings is 1. The molecule has 146 valence electrons. The number of piperidine rings is 1. The summed E-state index contributed by atoms with van der Waals surface area (Å²) in [5, 5.41) is 3.40. The Kier molecular flexibility index (Phi) is 4.10. The molecular weight excluding hydrogens is 368 g/mol. The minimum absolute atomic E-state index is 0.198. The maximum Gasteiger partial charge on any atom is 0.264 e. The van der Waals surface area contributed by atoms with E-state index in [2.05, 4.69) is 52.2 Å². The molecule has 2 bridgehead atoms. The summed E-state index contributed by atoms with van der Waals surface area (Å²) in [4.78, 5) is 24.2. The molecule has 2 saturated heterocycles. The van der Waals surface area contributed by atoms with Gasteiger partial charge in [0.1, 0.15) is 0 Å². The standard InChI is InChI=1S/C22H26N4OS/c1-11(2)19-20(14-5-12(3)24-13(4)6-14)25-17-8-18(28-21(17)19)22(27)26-15-7-16(26)10-23-9-15/h5-6,8,11,15-16,23,25H,7,9-10H2,1-4H3. The second-order valence-electron chi connectivity index (χ2n) is 8.47. The van der Waals surface area contributed by atoms with Crippen LogP contribution in [0.2, 0.25) is 0 Å². The van der Waals surface area contributed by atoms with E-state index in [9.17, 15) is 4.79 Å². The van der Waals surface area contributed by atoms with Crippen molar-refractivity contribution in [1.82, 2.24) is 20.2 Å². The molecule has 2 aliphatic heterocycles. The molecule has 5 nitrogen and oxygen atoms in total. The topological polar surface area (TPSA) is 61.0 Å². The van der Waals surface area contributed by atoms with Crippen LogP contribution in [0.25, 0.3) is 21.5 Å². The summed E-state index contributed by atoms with van der Waals surface area (Å²) >= 11 is 1.64. The zero-order valence-corrected chi connectivity index (χ0v) is 17.6. The Morgan fingerprint density at radius 1 is 1.18 bits per heavy atom. The molecule has 0 radical (unpaired) electrons. The normalized spacial score (nSPS) is 21.4. The Morgan fingerprint density at radius 3 is 2.46 bits per heavy atom. The lowest BCUT2D eigenvalue weighted by Gasteiger charge is -2.52. The Hall–Kier alpha value is -2.18. The molecule has 2 aliphatic rings. The fourth-order valence-corrected chi connectivity index (χ4v) is 6.06. The van der Waals surface area contributed by atoms with Crippen molar-refractivity contribution in [3.8, 4) is 11.3 Å². The Bertz CT molecular complexity index is 1050. The number of piperazine rings is 1. The van der Waals surface area contributed by atoms with Gasteiger partial charge in [0, 0.05) is 42.1 Å². The molecule has 0 aliphatic carbocycles. The summed E-state index contributed by atoms with van der Waals surface area (Å²) < 4.78 is 1.21. The van der Waals surface area contributed by atoms with Gasteiger partial charge in [-0.1, -0.05) is 13.8 Å². The van der Waals surface area contributed by atoms with Crippen LogP contribution in [-0.2, 0) is 0 Å². The number of carbonyl (C=O) groups excluding carboxylic acids is 1. The van der Waals surface area contributed by atoms with Crippen molar-refractivity contribution in [2.45, 2.75) is 52.1 Å². The van der Waals surface area contributed by atoms with Gasteiger partial charge in [-0.3, -0.25) is 9.78 Å². The third-order valence-corrected chi connectivity index (χ3v) is 7.15. The fourth-order valence-electron chi connectivity index (χ4n) is 4.80. The molecule has 2 unspecified atom stereocenters. The predicted molar refractivity (Wildman–Crippen MR) is 114 cm³/mol. The first-order valence-electron chi connectivity index (χ1n) is 10.1. The number of nitrogens with one attached hydrogen (secondary N) is 2. The predicted octanol–water partition coefficient (Wildman–Crippen LogP) is 4.22. The third-order valence-electron chi connectivity index (χ3n) is 5.99. The van der Waals surface area contributed by atoms with E-state index in [0.717, 1.165) is 47.0 Å². The van der Waals surface area contributed by atoms with Crippen molar-refractivity contribution in [2.75, 3.05) is 13.1 Å². The number of aryl methyl sites for hydroxylation is 2. The minimum Gasteiger partial charge on any atom is -0.354 e. The second-order valence-corrected chi connectivity index (χ2v) is 9.53. The number of hydrogen-bond acceptors (Lipinski definition) is 4. The highest BCUT2D eigenvalue weighted by Crippen LogP contribution is 2.41. The molecule has 0 spiro atoms. The zero-order chi connectivity index (χ0) is 19.6.